The minimum absolute atomic E-state index is 0.178. The molecule has 0 saturated carbocycles. The molecule has 3 aromatic rings. The topological polar surface area (TPSA) is 72.8 Å². The lowest BCUT2D eigenvalue weighted by molar-refractivity contribution is -0.153. The van der Waals surface area contributed by atoms with Crippen molar-refractivity contribution >= 4 is 39.5 Å². The van der Waals surface area contributed by atoms with Crippen LogP contribution in [0.2, 0.25) is 5.02 Å². The van der Waals surface area contributed by atoms with Crippen molar-refractivity contribution in [3.8, 4) is 0 Å². The van der Waals surface area contributed by atoms with Crippen molar-refractivity contribution in [3.63, 3.8) is 0 Å². The van der Waals surface area contributed by atoms with Crippen molar-refractivity contribution in [1.29, 1.82) is 0 Å². The van der Waals surface area contributed by atoms with Gasteiger partial charge in [-0.05, 0) is 32.9 Å². The van der Waals surface area contributed by atoms with E-state index in [9.17, 15) is 9.90 Å². The Bertz CT molecular complexity index is 816. The molecule has 3 rings (SSSR count). The number of halogens is 1. The smallest absolute Gasteiger partial charge is 0.339 e. The quantitative estimate of drug-likeness (QED) is 0.736. The molecule has 0 radical (unpaired) electrons. The molecule has 0 bridgehead atoms. The van der Waals surface area contributed by atoms with Gasteiger partial charge in [-0.2, -0.15) is 0 Å². The number of hydrogen-bond donors (Lipinski definition) is 1. The largest absolute Gasteiger partial charge is 0.464 e. The van der Waals surface area contributed by atoms with Crippen molar-refractivity contribution < 1.29 is 23.5 Å². The molecule has 0 amide bonds. The third-order valence-corrected chi connectivity index (χ3v) is 3.84. The molecular formula is C16H15ClO5. The first-order chi connectivity index (χ1) is 10.4. The highest BCUT2D eigenvalue weighted by Gasteiger charge is 2.29. The number of fused-ring (bicyclic) bond motifs is 2. The Hall–Kier alpha value is -1.98. The Labute approximate surface area is 131 Å². The van der Waals surface area contributed by atoms with Gasteiger partial charge in [-0.3, -0.25) is 0 Å². The van der Waals surface area contributed by atoms with Crippen LogP contribution in [0.1, 0.15) is 30.1 Å². The van der Waals surface area contributed by atoms with Crippen molar-refractivity contribution in [2.75, 3.05) is 6.61 Å². The van der Waals surface area contributed by atoms with Gasteiger partial charge < -0.3 is 18.7 Å². The summed E-state index contributed by atoms with van der Waals surface area (Å²) in [6.45, 7) is 5.39. The van der Waals surface area contributed by atoms with Gasteiger partial charge in [0, 0.05) is 16.3 Å². The molecule has 1 N–H and O–H groups in total. The van der Waals surface area contributed by atoms with Crippen LogP contribution in [0.4, 0.5) is 0 Å². The van der Waals surface area contributed by atoms with Gasteiger partial charge in [0.1, 0.15) is 17.1 Å². The van der Waals surface area contributed by atoms with E-state index in [-0.39, 0.29) is 6.61 Å². The summed E-state index contributed by atoms with van der Waals surface area (Å²) in [5.41, 5.74) is 1.11. The van der Waals surface area contributed by atoms with E-state index in [1.165, 1.54) is 0 Å². The molecule has 0 fully saturated rings. The fourth-order valence-corrected chi connectivity index (χ4v) is 2.89. The number of aliphatic hydroxyl groups excluding tert-OH is 1. The molecule has 0 aliphatic heterocycles. The van der Waals surface area contributed by atoms with E-state index >= 15 is 0 Å². The number of ether oxygens (including phenoxy) is 1. The van der Waals surface area contributed by atoms with E-state index in [0.29, 0.717) is 44.0 Å². The van der Waals surface area contributed by atoms with E-state index in [4.69, 9.17) is 25.2 Å². The van der Waals surface area contributed by atoms with E-state index in [1.807, 2.05) is 0 Å². The van der Waals surface area contributed by atoms with Crippen molar-refractivity contribution in [1.82, 2.24) is 0 Å². The van der Waals surface area contributed by atoms with E-state index < -0.39 is 12.1 Å². The van der Waals surface area contributed by atoms with Crippen LogP contribution in [0.15, 0.2) is 21.0 Å². The van der Waals surface area contributed by atoms with Crippen LogP contribution >= 0.6 is 11.6 Å². The second-order valence-electron chi connectivity index (χ2n) is 5.08. The number of carbonyl (C=O) groups excluding carboxylic acids is 1. The standard InChI is InChI=1S/C16H15ClO5/c1-4-20-16(19)13(18)11-9-5-7(2)22-15(9)12(17)10-6-8(3)21-14(10)11/h5-6,13,18H,4H2,1-3H3. The van der Waals surface area contributed by atoms with E-state index in [0.717, 1.165) is 0 Å². The first kappa shape index (κ1) is 14.9. The maximum Gasteiger partial charge on any atom is 0.339 e. The van der Waals surface area contributed by atoms with E-state index in [1.54, 1.807) is 32.9 Å². The molecule has 6 heteroatoms. The number of aryl methyl sites for hydroxylation is 2. The van der Waals surface area contributed by atoms with Gasteiger partial charge in [0.15, 0.2) is 11.7 Å². The summed E-state index contributed by atoms with van der Waals surface area (Å²) in [7, 11) is 0. The summed E-state index contributed by atoms with van der Waals surface area (Å²) in [6.07, 6.45) is -1.47. The number of hydrogen-bond acceptors (Lipinski definition) is 5. The first-order valence-corrected chi connectivity index (χ1v) is 7.28. The predicted molar refractivity (Wildman–Crippen MR) is 82.1 cm³/mol. The third kappa shape index (κ3) is 2.17. The van der Waals surface area contributed by atoms with Crippen LogP contribution in [0.3, 0.4) is 0 Å². The number of benzene rings is 1. The van der Waals surface area contributed by atoms with Crippen LogP contribution in [-0.4, -0.2) is 17.7 Å². The molecule has 0 aliphatic carbocycles. The zero-order chi connectivity index (χ0) is 16.0. The summed E-state index contributed by atoms with van der Waals surface area (Å²) in [4.78, 5) is 12.0. The number of furan rings is 2. The Morgan fingerprint density at radius 3 is 2.45 bits per heavy atom. The average Bonchev–Trinajstić information content (AvgIpc) is 3.02. The highest BCUT2D eigenvalue weighted by atomic mass is 35.5. The van der Waals surface area contributed by atoms with Gasteiger partial charge in [-0.25, -0.2) is 4.79 Å². The molecule has 22 heavy (non-hydrogen) atoms. The Kier molecular flexibility index (Phi) is 3.62. The molecule has 0 spiro atoms. The SMILES string of the molecule is CCOC(=O)C(O)c1c2cc(C)oc2c(Cl)c2cc(C)oc12. The number of carbonyl (C=O) groups is 1. The fourth-order valence-electron chi connectivity index (χ4n) is 2.61. The lowest BCUT2D eigenvalue weighted by atomic mass is 10.0. The van der Waals surface area contributed by atoms with Crippen LogP contribution in [0.25, 0.3) is 21.9 Å². The summed E-state index contributed by atoms with van der Waals surface area (Å²) >= 11 is 6.37. The van der Waals surface area contributed by atoms with Crippen LogP contribution in [0.5, 0.6) is 0 Å². The van der Waals surface area contributed by atoms with Crippen molar-refractivity contribution in [2.24, 2.45) is 0 Å². The Morgan fingerprint density at radius 2 is 1.82 bits per heavy atom. The second-order valence-corrected chi connectivity index (χ2v) is 5.46. The summed E-state index contributed by atoms with van der Waals surface area (Å²) in [6, 6.07) is 3.46. The number of esters is 1. The molecule has 5 nitrogen and oxygen atoms in total. The highest BCUT2D eigenvalue weighted by molar-refractivity contribution is 6.40. The number of aliphatic hydroxyl groups is 1. The summed E-state index contributed by atoms with van der Waals surface area (Å²) < 4.78 is 16.2. The lowest BCUT2D eigenvalue weighted by Crippen LogP contribution is -2.15. The fraction of sp³-hybridized carbons (Fsp3) is 0.312. The monoisotopic (exact) mass is 322 g/mol. The molecular weight excluding hydrogens is 308 g/mol. The summed E-state index contributed by atoms with van der Waals surface area (Å²) in [5, 5.41) is 11.9. The first-order valence-electron chi connectivity index (χ1n) is 6.90. The number of rotatable bonds is 3. The molecule has 0 aliphatic rings. The molecule has 1 aromatic carbocycles. The van der Waals surface area contributed by atoms with Crippen LogP contribution in [0, 0.1) is 13.8 Å². The Morgan fingerprint density at radius 1 is 1.23 bits per heavy atom. The normalized spacial score (nSPS) is 13.0. The third-order valence-electron chi connectivity index (χ3n) is 3.46. The van der Waals surface area contributed by atoms with Crippen LogP contribution in [-0.2, 0) is 9.53 Å². The van der Waals surface area contributed by atoms with Gasteiger partial charge in [0.2, 0.25) is 0 Å². The maximum atomic E-state index is 12.0. The molecule has 0 saturated heterocycles. The van der Waals surface area contributed by atoms with Gasteiger partial charge in [-0.15, -0.1) is 0 Å². The van der Waals surface area contributed by atoms with Crippen molar-refractivity contribution in [3.05, 3.63) is 34.2 Å². The summed E-state index contributed by atoms with van der Waals surface area (Å²) in [5.74, 6) is 0.512. The minimum Gasteiger partial charge on any atom is -0.464 e. The molecule has 2 heterocycles. The van der Waals surface area contributed by atoms with Gasteiger partial charge in [0.25, 0.3) is 0 Å². The van der Waals surface area contributed by atoms with Gasteiger partial charge in [-0.1, -0.05) is 11.6 Å². The molecule has 2 aromatic heterocycles. The molecule has 116 valence electrons. The van der Waals surface area contributed by atoms with Gasteiger partial charge in [0.05, 0.1) is 11.6 Å². The maximum absolute atomic E-state index is 12.0. The van der Waals surface area contributed by atoms with E-state index in [2.05, 4.69) is 0 Å². The zero-order valence-electron chi connectivity index (χ0n) is 12.4. The lowest BCUT2D eigenvalue weighted by Gasteiger charge is -2.12. The Balaban J connectivity index is 2.37. The minimum atomic E-state index is -1.47. The molecule has 1 atom stereocenters. The van der Waals surface area contributed by atoms with Gasteiger partial charge >= 0.3 is 5.97 Å². The molecule has 1 unspecified atom stereocenters. The van der Waals surface area contributed by atoms with Crippen molar-refractivity contribution in [2.45, 2.75) is 26.9 Å². The van der Waals surface area contributed by atoms with Crippen LogP contribution < -0.4 is 0 Å². The zero-order valence-corrected chi connectivity index (χ0v) is 13.2. The highest BCUT2D eigenvalue weighted by Crippen LogP contribution is 2.42. The predicted octanol–water partition coefficient (Wildman–Crippen LogP) is 4.05. The second kappa shape index (κ2) is 5.34. The average molecular weight is 323 g/mol.